The standard InChI is InChI=1S/C11H19N3O/c1-9(11(15)13(2)3)14-7-5-4-6-10(14)8-12/h9-10H,4-7H2,1-3H3. The fourth-order valence-corrected chi connectivity index (χ4v) is 2.07. The van der Waals surface area contributed by atoms with Crippen molar-refractivity contribution in [3.63, 3.8) is 0 Å². The van der Waals surface area contributed by atoms with Crippen molar-refractivity contribution in [1.82, 2.24) is 9.80 Å². The molecule has 0 radical (unpaired) electrons. The Hall–Kier alpha value is -1.08. The first-order chi connectivity index (χ1) is 7.07. The maximum atomic E-state index is 11.8. The lowest BCUT2D eigenvalue weighted by molar-refractivity contribution is -0.134. The van der Waals surface area contributed by atoms with Gasteiger partial charge in [-0.05, 0) is 26.2 Å². The van der Waals surface area contributed by atoms with Gasteiger partial charge in [-0.3, -0.25) is 9.69 Å². The SMILES string of the molecule is CC(C(=O)N(C)C)N1CCCCC1C#N. The van der Waals surface area contributed by atoms with Crippen molar-refractivity contribution < 1.29 is 4.79 Å². The molecule has 0 aromatic carbocycles. The average molecular weight is 209 g/mol. The number of likely N-dealkylation sites (N-methyl/N-ethyl adjacent to an activating group) is 1. The van der Waals surface area contributed by atoms with Crippen LogP contribution in [-0.2, 0) is 4.79 Å². The van der Waals surface area contributed by atoms with Gasteiger partial charge < -0.3 is 4.90 Å². The van der Waals surface area contributed by atoms with Crippen molar-refractivity contribution in [3.05, 3.63) is 0 Å². The monoisotopic (exact) mass is 209 g/mol. The molecular formula is C11H19N3O. The van der Waals surface area contributed by atoms with Crippen LogP contribution in [-0.4, -0.2) is 48.4 Å². The van der Waals surface area contributed by atoms with E-state index in [1.165, 1.54) is 0 Å². The topological polar surface area (TPSA) is 47.3 Å². The van der Waals surface area contributed by atoms with Crippen LogP contribution in [0.3, 0.4) is 0 Å². The highest BCUT2D eigenvalue weighted by Crippen LogP contribution is 2.19. The number of hydrogen-bond donors (Lipinski definition) is 0. The van der Waals surface area contributed by atoms with Gasteiger partial charge in [-0.25, -0.2) is 0 Å². The van der Waals surface area contributed by atoms with Gasteiger partial charge in [0.2, 0.25) is 5.91 Å². The molecule has 2 atom stereocenters. The Morgan fingerprint density at radius 3 is 2.73 bits per heavy atom. The van der Waals surface area contributed by atoms with Gasteiger partial charge in [0, 0.05) is 20.6 Å². The molecular weight excluding hydrogens is 190 g/mol. The quantitative estimate of drug-likeness (QED) is 0.677. The van der Waals surface area contributed by atoms with Crippen molar-refractivity contribution in [2.45, 2.75) is 38.3 Å². The molecule has 1 amide bonds. The zero-order valence-corrected chi connectivity index (χ0v) is 9.73. The number of amides is 1. The number of carbonyl (C=O) groups excluding carboxylic acids is 1. The van der Waals surface area contributed by atoms with E-state index in [-0.39, 0.29) is 18.0 Å². The molecule has 1 heterocycles. The number of nitrogens with zero attached hydrogens (tertiary/aromatic N) is 3. The van der Waals surface area contributed by atoms with E-state index in [2.05, 4.69) is 6.07 Å². The summed E-state index contributed by atoms with van der Waals surface area (Å²) in [5, 5.41) is 9.01. The third kappa shape index (κ3) is 2.69. The second kappa shape index (κ2) is 5.13. The number of nitriles is 1. The van der Waals surface area contributed by atoms with Crippen LogP contribution in [0.4, 0.5) is 0 Å². The second-order valence-corrected chi connectivity index (χ2v) is 4.29. The van der Waals surface area contributed by atoms with Crippen molar-refractivity contribution in [1.29, 1.82) is 5.26 Å². The zero-order valence-electron chi connectivity index (χ0n) is 9.73. The van der Waals surface area contributed by atoms with Gasteiger partial charge in [0.15, 0.2) is 0 Å². The molecule has 0 aromatic heterocycles. The number of likely N-dealkylation sites (tertiary alicyclic amines) is 1. The molecule has 4 nitrogen and oxygen atoms in total. The highest BCUT2D eigenvalue weighted by molar-refractivity contribution is 5.81. The fraction of sp³-hybridized carbons (Fsp3) is 0.818. The molecule has 0 aromatic rings. The predicted octanol–water partition coefficient (Wildman–Crippen LogP) is 0.841. The Bertz CT molecular complexity index is 269. The van der Waals surface area contributed by atoms with E-state index in [9.17, 15) is 4.79 Å². The molecule has 4 heteroatoms. The minimum atomic E-state index is -0.176. The average Bonchev–Trinajstić information content (AvgIpc) is 2.26. The number of hydrogen-bond acceptors (Lipinski definition) is 3. The van der Waals surface area contributed by atoms with Gasteiger partial charge in [-0.1, -0.05) is 0 Å². The molecule has 0 aliphatic carbocycles. The Labute approximate surface area is 91.5 Å². The van der Waals surface area contributed by atoms with Crippen molar-refractivity contribution >= 4 is 5.91 Å². The molecule has 0 spiro atoms. The summed E-state index contributed by atoms with van der Waals surface area (Å²) >= 11 is 0. The van der Waals surface area contributed by atoms with Gasteiger partial charge in [-0.2, -0.15) is 5.26 Å². The van der Waals surface area contributed by atoms with Crippen LogP contribution < -0.4 is 0 Å². The molecule has 1 fully saturated rings. The molecule has 1 aliphatic heterocycles. The van der Waals surface area contributed by atoms with Crippen LogP contribution in [0.15, 0.2) is 0 Å². The van der Waals surface area contributed by atoms with E-state index >= 15 is 0 Å². The van der Waals surface area contributed by atoms with Crippen molar-refractivity contribution in [2.75, 3.05) is 20.6 Å². The lowest BCUT2D eigenvalue weighted by atomic mass is 10.0. The normalized spacial score (nSPS) is 24.3. The smallest absolute Gasteiger partial charge is 0.239 e. The molecule has 0 bridgehead atoms. The number of piperidine rings is 1. The van der Waals surface area contributed by atoms with Crippen LogP contribution in [0.1, 0.15) is 26.2 Å². The van der Waals surface area contributed by atoms with E-state index in [1.807, 2.05) is 11.8 Å². The van der Waals surface area contributed by atoms with Crippen LogP contribution in [0, 0.1) is 11.3 Å². The van der Waals surface area contributed by atoms with Crippen LogP contribution in [0.2, 0.25) is 0 Å². The van der Waals surface area contributed by atoms with Crippen LogP contribution in [0.5, 0.6) is 0 Å². The summed E-state index contributed by atoms with van der Waals surface area (Å²) in [6.07, 6.45) is 3.07. The minimum absolute atomic E-state index is 0.0807. The molecule has 2 unspecified atom stereocenters. The van der Waals surface area contributed by atoms with Gasteiger partial charge in [0.1, 0.15) is 0 Å². The Balaban J connectivity index is 2.68. The molecule has 0 saturated carbocycles. The van der Waals surface area contributed by atoms with E-state index in [4.69, 9.17) is 5.26 Å². The molecule has 1 rings (SSSR count). The number of carbonyl (C=O) groups is 1. The van der Waals surface area contributed by atoms with E-state index < -0.39 is 0 Å². The first-order valence-electron chi connectivity index (χ1n) is 5.44. The first-order valence-corrected chi connectivity index (χ1v) is 5.44. The lowest BCUT2D eigenvalue weighted by Gasteiger charge is -2.36. The largest absolute Gasteiger partial charge is 0.347 e. The maximum absolute atomic E-state index is 11.8. The van der Waals surface area contributed by atoms with Gasteiger partial charge in [0.05, 0.1) is 18.2 Å². The van der Waals surface area contributed by atoms with Crippen LogP contribution >= 0.6 is 0 Å². The second-order valence-electron chi connectivity index (χ2n) is 4.29. The maximum Gasteiger partial charge on any atom is 0.239 e. The summed E-state index contributed by atoms with van der Waals surface area (Å²) in [5.41, 5.74) is 0. The molecule has 15 heavy (non-hydrogen) atoms. The minimum Gasteiger partial charge on any atom is -0.347 e. The third-order valence-electron chi connectivity index (χ3n) is 2.99. The Morgan fingerprint density at radius 2 is 2.20 bits per heavy atom. The predicted molar refractivity (Wildman–Crippen MR) is 58.1 cm³/mol. The van der Waals surface area contributed by atoms with Gasteiger partial charge in [-0.15, -0.1) is 0 Å². The summed E-state index contributed by atoms with van der Waals surface area (Å²) in [5.74, 6) is 0.0807. The van der Waals surface area contributed by atoms with E-state index in [1.54, 1.807) is 19.0 Å². The van der Waals surface area contributed by atoms with Crippen molar-refractivity contribution in [2.24, 2.45) is 0 Å². The molecule has 1 saturated heterocycles. The first kappa shape index (κ1) is 12.0. The fourth-order valence-electron chi connectivity index (χ4n) is 2.07. The summed E-state index contributed by atoms with van der Waals surface area (Å²) in [6, 6.07) is 2.02. The Kier molecular flexibility index (Phi) is 4.10. The summed E-state index contributed by atoms with van der Waals surface area (Å²) in [4.78, 5) is 15.4. The summed E-state index contributed by atoms with van der Waals surface area (Å²) in [7, 11) is 3.51. The molecule has 1 aliphatic rings. The van der Waals surface area contributed by atoms with Crippen molar-refractivity contribution in [3.8, 4) is 6.07 Å². The third-order valence-corrected chi connectivity index (χ3v) is 2.99. The number of rotatable bonds is 2. The van der Waals surface area contributed by atoms with Crippen LogP contribution in [0.25, 0.3) is 0 Å². The lowest BCUT2D eigenvalue weighted by Crippen LogP contribution is -2.50. The van der Waals surface area contributed by atoms with Gasteiger partial charge >= 0.3 is 0 Å². The van der Waals surface area contributed by atoms with E-state index in [0.717, 1.165) is 25.8 Å². The van der Waals surface area contributed by atoms with Gasteiger partial charge in [0.25, 0.3) is 0 Å². The molecule has 0 N–H and O–H groups in total. The summed E-state index contributed by atoms with van der Waals surface area (Å²) in [6.45, 7) is 2.75. The Morgan fingerprint density at radius 1 is 1.53 bits per heavy atom. The zero-order chi connectivity index (χ0) is 11.4. The molecule has 84 valence electrons. The van der Waals surface area contributed by atoms with E-state index in [0.29, 0.717) is 0 Å². The highest BCUT2D eigenvalue weighted by Gasteiger charge is 2.30. The highest BCUT2D eigenvalue weighted by atomic mass is 16.2. The summed E-state index contributed by atoms with van der Waals surface area (Å²) < 4.78 is 0.